The molecule has 3 heteroatoms. The molecule has 0 aromatic carbocycles. The third-order valence-corrected chi connectivity index (χ3v) is 2.22. The lowest BCUT2D eigenvalue weighted by Crippen LogP contribution is -2.47. The Morgan fingerprint density at radius 3 is 2.25 bits per heavy atom. The van der Waals surface area contributed by atoms with E-state index in [0.717, 1.165) is 18.4 Å². The number of rotatable bonds is 5. The predicted molar refractivity (Wildman–Crippen MR) is 72.9 cm³/mol. The van der Waals surface area contributed by atoms with Crippen LogP contribution in [-0.4, -0.2) is 25.1 Å². The Hall–Kier alpha value is -0.730. The summed E-state index contributed by atoms with van der Waals surface area (Å²) in [6, 6.07) is 0. The number of unbranched alkanes of at least 4 members (excludes halogenated alkanes) is 1. The van der Waals surface area contributed by atoms with E-state index < -0.39 is 0 Å². The van der Waals surface area contributed by atoms with E-state index in [0.29, 0.717) is 0 Å². The van der Waals surface area contributed by atoms with Gasteiger partial charge in [0.05, 0.1) is 0 Å². The van der Waals surface area contributed by atoms with Gasteiger partial charge in [-0.3, -0.25) is 4.99 Å². The van der Waals surface area contributed by atoms with Crippen molar-refractivity contribution in [2.75, 3.05) is 13.6 Å². The molecule has 2 N–H and O–H groups in total. The van der Waals surface area contributed by atoms with E-state index in [1.807, 2.05) is 7.05 Å². The summed E-state index contributed by atoms with van der Waals surface area (Å²) in [6.45, 7) is 12.0. The minimum Gasteiger partial charge on any atom is -0.356 e. The Kier molecular flexibility index (Phi) is 7.18. The molecule has 0 aromatic heterocycles. The minimum atomic E-state index is 0.0692. The van der Waals surface area contributed by atoms with Crippen molar-refractivity contribution in [3.05, 3.63) is 0 Å². The van der Waals surface area contributed by atoms with Crippen LogP contribution in [0.1, 0.15) is 53.9 Å². The number of nitrogens with one attached hydrogen (secondary N) is 2. The second-order valence-electron chi connectivity index (χ2n) is 5.76. The van der Waals surface area contributed by atoms with Gasteiger partial charge in [0.2, 0.25) is 0 Å². The van der Waals surface area contributed by atoms with E-state index in [1.165, 1.54) is 19.3 Å². The van der Waals surface area contributed by atoms with Crippen LogP contribution in [0, 0.1) is 5.92 Å². The quantitative estimate of drug-likeness (QED) is 0.430. The highest BCUT2D eigenvalue weighted by Crippen LogP contribution is 2.05. The molecule has 0 aromatic rings. The molecular weight excluding hydrogens is 198 g/mol. The first-order valence-corrected chi connectivity index (χ1v) is 6.34. The van der Waals surface area contributed by atoms with Gasteiger partial charge in [0.15, 0.2) is 5.96 Å². The molecule has 0 amide bonds. The SMILES string of the molecule is CN=C(NCCCCC(C)C)NC(C)(C)C. The first-order valence-electron chi connectivity index (χ1n) is 6.34. The van der Waals surface area contributed by atoms with Crippen molar-refractivity contribution in [1.82, 2.24) is 10.6 Å². The van der Waals surface area contributed by atoms with Gasteiger partial charge in [-0.1, -0.05) is 26.7 Å². The summed E-state index contributed by atoms with van der Waals surface area (Å²) >= 11 is 0. The van der Waals surface area contributed by atoms with Crippen LogP contribution in [0.3, 0.4) is 0 Å². The first-order chi connectivity index (χ1) is 7.35. The van der Waals surface area contributed by atoms with Crippen LogP contribution < -0.4 is 10.6 Å². The lowest BCUT2D eigenvalue weighted by atomic mass is 10.1. The number of guanidine groups is 1. The van der Waals surface area contributed by atoms with Gasteiger partial charge in [0.1, 0.15) is 0 Å². The molecule has 0 aliphatic heterocycles. The third kappa shape index (κ3) is 9.81. The number of aliphatic imine (C=N–C) groups is 1. The van der Waals surface area contributed by atoms with Crippen molar-refractivity contribution >= 4 is 5.96 Å². The van der Waals surface area contributed by atoms with Crippen molar-refractivity contribution in [2.24, 2.45) is 10.9 Å². The molecule has 0 spiro atoms. The minimum absolute atomic E-state index is 0.0692. The Morgan fingerprint density at radius 2 is 1.81 bits per heavy atom. The zero-order valence-electron chi connectivity index (χ0n) is 11.9. The van der Waals surface area contributed by atoms with E-state index in [4.69, 9.17) is 0 Å². The summed E-state index contributed by atoms with van der Waals surface area (Å²) in [5, 5.41) is 6.68. The molecule has 0 saturated carbocycles. The van der Waals surface area contributed by atoms with Crippen molar-refractivity contribution < 1.29 is 0 Å². The fourth-order valence-electron chi connectivity index (χ4n) is 1.42. The lowest BCUT2D eigenvalue weighted by Gasteiger charge is -2.23. The molecule has 0 rings (SSSR count). The molecule has 96 valence electrons. The maximum atomic E-state index is 4.20. The third-order valence-electron chi connectivity index (χ3n) is 2.22. The molecule has 0 unspecified atom stereocenters. The zero-order chi connectivity index (χ0) is 12.6. The summed E-state index contributed by atoms with van der Waals surface area (Å²) in [6.07, 6.45) is 3.81. The van der Waals surface area contributed by atoms with Gasteiger partial charge in [0, 0.05) is 19.1 Å². The van der Waals surface area contributed by atoms with Crippen molar-refractivity contribution in [3.63, 3.8) is 0 Å². The van der Waals surface area contributed by atoms with Crippen LogP contribution in [0.15, 0.2) is 4.99 Å². The van der Waals surface area contributed by atoms with Crippen LogP contribution in [0.25, 0.3) is 0 Å². The van der Waals surface area contributed by atoms with Crippen molar-refractivity contribution in [1.29, 1.82) is 0 Å². The topological polar surface area (TPSA) is 36.4 Å². The van der Waals surface area contributed by atoms with Crippen LogP contribution in [0.4, 0.5) is 0 Å². The van der Waals surface area contributed by atoms with Crippen LogP contribution in [-0.2, 0) is 0 Å². The van der Waals surface area contributed by atoms with Gasteiger partial charge >= 0.3 is 0 Å². The second-order valence-corrected chi connectivity index (χ2v) is 5.76. The fourth-order valence-corrected chi connectivity index (χ4v) is 1.42. The normalized spacial score (nSPS) is 13.1. The molecule has 0 radical (unpaired) electrons. The van der Waals surface area contributed by atoms with Gasteiger partial charge in [-0.15, -0.1) is 0 Å². The molecule has 0 saturated heterocycles. The van der Waals surface area contributed by atoms with Crippen LogP contribution in [0.2, 0.25) is 0 Å². The van der Waals surface area contributed by atoms with E-state index in [2.05, 4.69) is 50.2 Å². The van der Waals surface area contributed by atoms with Gasteiger partial charge in [-0.2, -0.15) is 0 Å². The zero-order valence-corrected chi connectivity index (χ0v) is 11.9. The highest BCUT2D eigenvalue weighted by molar-refractivity contribution is 5.80. The Morgan fingerprint density at radius 1 is 1.19 bits per heavy atom. The summed E-state index contributed by atoms with van der Waals surface area (Å²) in [4.78, 5) is 4.20. The Labute approximate surface area is 101 Å². The molecule has 0 aliphatic carbocycles. The predicted octanol–water partition coefficient (Wildman–Crippen LogP) is 2.78. The summed E-state index contributed by atoms with van der Waals surface area (Å²) < 4.78 is 0. The molecule has 0 atom stereocenters. The lowest BCUT2D eigenvalue weighted by molar-refractivity contribution is 0.496. The molecule has 3 nitrogen and oxygen atoms in total. The average Bonchev–Trinajstić information content (AvgIpc) is 2.13. The maximum Gasteiger partial charge on any atom is 0.191 e. The molecule has 16 heavy (non-hydrogen) atoms. The fraction of sp³-hybridized carbons (Fsp3) is 0.923. The standard InChI is InChI=1S/C13H29N3/c1-11(2)9-7-8-10-15-12(14-6)16-13(3,4)5/h11H,7-10H2,1-6H3,(H2,14,15,16). The molecule has 0 aliphatic rings. The molecule has 0 fully saturated rings. The van der Waals surface area contributed by atoms with Crippen LogP contribution >= 0.6 is 0 Å². The van der Waals surface area contributed by atoms with E-state index in [9.17, 15) is 0 Å². The number of nitrogens with zero attached hydrogens (tertiary/aromatic N) is 1. The van der Waals surface area contributed by atoms with Gasteiger partial charge < -0.3 is 10.6 Å². The summed E-state index contributed by atoms with van der Waals surface area (Å²) in [5.41, 5.74) is 0.0692. The first kappa shape index (κ1) is 15.3. The molecule has 0 bridgehead atoms. The van der Waals surface area contributed by atoms with Gasteiger partial charge in [-0.25, -0.2) is 0 Å². The van der Waals surface area contributed by atoms with Crippen molar-refractivity contribution in [2.45, 2.75) is 59.4 Å². The monoisotopic (exact) mass is 227 g/mol. The largest absolute Gasteiger partial charge is 0.356 e. The van der Waals surface area contributed by atoms with E-state index in [-0.39, 0.29) is 5.54 Å². The smallest absolute Gasteiger partial charge is 0.191 e. The van der Waals surface area contributed by atoms with E-state index >= 15 is 0 Å². The van der Waals surface area contributed by atoms with Gasteiger partial charge in [0.25, 0.3) is 0 Å². The Balaban J connectivity index is 3.66. The van der Waals surface area contributed by atoms with Crippen LogP contribution in [0.5, 0.6) is 0 Å². The van der Waals surface area contributed by atoms with Crippen molar-refractivity contribution in [3.8, 4) is 0 Å². The maximum absolute atomic E-state index is 4.20. The number of hydrogen-bond donors (Lipinski definition) is 2. The Bertz CT molecular complexity index is 202. The average molecular weight is 227 g/mol. The highest BCUT2D eigenvalue weighted by Gasteiger charge is 2.10. The summed E-state index contributed by atoms with van der Waals surface area (Å²) in [7, 11) is 1.81. The molecular formula is C13H29N3. The van der Waals surface area contributed by atoms with Gasteiger partial charge in [-0.05, 0) is 33.1 Å². The molecule has 0 heterocycles. The highest BCUT2D eigenvalue weighted by atomic mass is 15.2. The summed E-state index contributed by atoms with van der Waals surface area (Å²) in [5.74, 6) is 1.71. The second kappa shape index (κ2) is 7.53. The number of hydrogen-bond acceptors (Lipinski definition) is 1. The van der Waals surface area contributed by atoms with E-state index in [1.54, 1.807) is 0 Å².